The fourth-order valence-corrected chi connectivity index (χ4v) is 3.12. The molecule has 10 nitrogen and oxygen atoms in total. The maximum atomic E-state index is 12.3. The lowest BCUT2D eigenvalue weighted by atomic mass is 10.1. The van der Waals surface area contributed by atoms with Gasteiger partial charge in [-0.1, -0.05) is 6.07 Å². The highest BCUT2D eigenvalue weighted by Crippen LogP contribution is 2.28. The van der Waals surface area contributed by atoms with Crippen LogP contribution in [0.25, 0.3) is 0 Å². The molecule has 0 aliphatic rings. The number of anilines is 1. The van der Waals surface area contributed by atoms with E-state index in [2.05, 4.69) is 15.8 Å². The average molecular weight is 491 g/mol. The number of aryl methyl sites for hydroxylation is 2. The Balaban J connectivity index is 1.59. The quantitative estimate of drug-likeness (QED) is 0.246. The molecule has 3 aromatic carbocycles. The first-order valence-corrected chi connectivity index (χ1v) is 11.1. The summed E-state index contributed by atoms with van der Waals surface area (Å²) >= 11 is 0. The van der Waals surface area contributed by atoms with E-state index in [1.807, 2.05) is 39.0 Å². The Hall–Kier alpha value is -4.73. The van der Waals surface area contributed by atoms with Crippen molar-refractivity contribution in [2.75, 3.05) is 18.5 Å². The summed E-state index contributed by atoms with van der Waals surface area (Å²) in [7, 11) is 0. The molecule has 0 atom stereocenters. The first kappa shape index (κ1) is 25.9. The minimum Gasteiger partial charge on any atom is -0.490 e. The van der Waals surface area contributed by atoms with Crippen molar-refractivity contribution in [3.63, 3.8) is 0 Å². The number of hydrogen-bond acceptors (Lipinski definition) is 7. The third-order valence-corrected chi connectivity index (χ3v) is 5.14. The van der Waals surface area contributed by atoms with Crippen LogP contribution in [0, 0.1) is 24.0 Å². The monoisotopic (exact) mass is 490 g/mol. The molecule has 0 unspecified atom stereocenters. The van der Waals surface area contributed by atoms with Gasteiger partial charge in [-0.05, 0) is 79.9 Å². The number of nitrogens with zero attached hydrogens (tertiary/aromatic N) is 2. The van der Waals surface area contributed by atoms with Crippen LogP contribution in [0.4, 0.5) is 11.4 Å². The average Bonchev–Trinajstić information content (AvgIpc) is 2.86. The van der Waals surface area contributed by atoms with E-state index in [1.54, 1.807) is 18.2 Å². The molecular weight excluding hydrogens is 464 g/mol. The number of benzene rings is 3. The van der Waals surface area contributed by atoms with Gasteiger partial charge >= 0.3 is 0 Å². The molecular formula is C26H26N4O6. The number of carbonyl (C=O) groups excluding carboxylic acids is 2. The number of nitrogens with one attached hydrogen (secondary N) is 2. The predicted molar refractivity (Wildman–Crippen MR) is 136 cm³/mol. The number of amides is 2. The first-order chi connectivity index (χ1) is 17.3. The van der Waals surface area contributed by atoms with Crippen LogP contribution < -0.4 is 20.2 Å². The van der Waals surface area contributed by atoms with Crippen molar-refractivity contribution in [3.05, 3.63) is 93.0 Å². The molecule has 0 aromatic heterocycles. The molecule has 3 rings (SSSR count). The van der Waals surface area contributed by atoms with Gasteiger partial charge in [0, 0.05) is 23.4 Å². The predicted octanol–water partition coefficient (Wildman–Crippen LogP) is 4.39. The topological polar surface area (TPSA) is 132 Å². The zero-order valence-electron chi connectivity index (χ0n) is 20.1. The molecule has 0 aliphatic heterocycles. The molecule has 0 fully saturated rings. The molecule has 0 spiro atoms. The molecule has 0 saturated heterocycles. The maximum Gasteiger partial charge on any atom is 0.271 e. The van der Waals surface area contributed by atoms with E-state index in [9.17, 15) is 19.7 Å². The molecule has 0 saturated carbocycles. The lowest BCUT2D eigenvalue weighted by molar-refractivity contribution is -0.384. The van der Waals surface area contributed by atoms with E-state index in [4.69, 9.17) is 9.47 Å². The molecule has 186 valence electrons. The molecule has 3 aromatic rings. The number of ether oxygens (including phenoxy) is 2. The van der Waals surface area contributed by atoms with Crippen LogP contribution in [0.2, 0.25) is 0 Å². The fraction of sp³-hybridized carbons (Fsp3) is 0.192. The highest BCUT2D eigenvalue weighted by molar-refractivity contribution is 5.95. The Bertz CT molecular complexity index is 1290. The van der Waals surface area contributed by atoms with E-state index < -0.39 is 10.8 Å². The van der Waals surface area contributed by atoms with Gasteiger partial charge in [-0.15, -0.1) is 0 Å². The molecule has 2 N–H and O–H groups in total. The fourth-order valence-electron chi connectivity index (χ4n) is 3.12. The lowest BCUT2D eigenvalue weighted by Gasteiger charge is -2.13. The molecule has 0 aliphatic carbocycles. The molecule has 2 amide bonds. The van der Waals surface area contributed by atoms with E-state index in [0.29, 0.717) is 29.4 Å². The number of hydrogen-bond donors (Lipinski definition) is 2. The van der Waals surface area contributed by atoms with Gasteiger partial charge in [0.25, 0.3) is 17.5 Å². The molecule has 10 heteroatoms. The van der Waals surface area contributed by atoms with Gasteiger partial charge in [0.15, 0.2) is 18.1 Å². The molecule has 0 bridgehead atoms. The van der Waals surface area contributed by atoms with Crippen LogP contribution in [0.1, 0.15) is 34.0 Å². The van der Waals surface area contributed by atoms with E-state index >= 15 is 0 Å². The Labute approximate surface area is 208 Å². The van der Waals surface area contributed by atoms with Crippen molar-refractivity contribution in [1.29, 1.82) is 0 Å². The Morgan fingerprint density at radius 1 is 0.972 bits per heavy atom. The van der Waals surface area contributed by atoms with Gasteiger partial charge in [0.2, 0.25) is 0 Å². The number of nitro benzene ring substituents is 1. The summed E-state index contributed by atoms with van der Waals surface area (Å²) in [5, 5.41) is 17.4. The van der Waals surface area contributed by atoms with Crippen LogP contribution in [-0.2, 0) is 4.79 Å². The molecule has 0 radical (unpaired) electrons. The number of carbonyl (C=O) groups is 2. The van der Waals surface area contributed by atoms with Gasteiger partial charge in [0.05, 0.1) is 17.7 Å². The van der Waals surface area contributed by atoms with E-state index in [-0.39, 0.29) is 23.8 Å². The number of rotatable bonds is 10. The number of non-ortho nitro benzene ring substituents is 1. The summed E-state index contributed by atoms with van der Waals surface area (Å²) in [6, 6.07) is 15.9. The zero-order valence-corrected chi connectivity index (χ0v) is 20.1. The standard InChI is InChI=1S/C26H26N4O6/c1-4-35-24-14-19(15-27-29-26(32)20-7-10-22(11-8-20)30(33)34)6-12-23(24)36-16-25(31)28-21-9-5-17(2)18(3)13-21/h5-15H,4,16H2,1-3H3,(H,28,31)(H,29,32). The van der Waals surface area contributed by atoms with Crippen LogP contribution in [-0.4, -0.2) is 36.2 Å². The second-order valence-corrected chi connectivity index (χ2v) is 7.78. The highest BCUT2D eigenvalue weighted by atomic mass is 16.6. The van der Waals surface area contributed by atoms with Crippen molar-refractivity contribution in [2.24, 2.45) is 5.10 Å². The van der Waals surface area contributed by atoms with Gasteiger partial charge in [-0.2, -0.15) is 5.10 Å². The normalized spacial score (nSPS) is 10.6. The summed E-state index contributed by atoms with van der Waals surface area (Å²) in [5.41, 5.74) is 6.02. The van der Waals surface area contributed by atoms with Crippen molar-refractivity contribution in [2.45, 2.75) is 20.8 Å². The summed E-state index contributed by atoms with van der Waals surface area (Å²) in [4.78, 5) is 34.7. The van der Waals surface area contributed by atoms with Crippen LogP contribution in [0.15, 0.2) is 65.8 Å². The van der Waals surface area contributed by atoms with Crippen LogP contribution in [0.3, 0.4) is 0 Å². The Morgan fingerprint density at radius 2 is 1.72 bits per heavy atom. The molecule has 36 heavy (non-hydrogen) atoms. The van der Waals surface area contributed by atoms with Crippen molar-refractivity contribution in [1.82, 2.24) is 5.43 Å². The Morgan fingerprint density at radius 3 is 2.39 bits per heavy atom. The lowest BCUT2D eigenvalue weighted by Crippen LogP contribution is -2.20. The number of hydrazone groups is 1. The molecule has 0 heterocycles. The van der Waals surface area contributed by atoms with Crippen molar-refractivity contribution >= 4 is 29.4 Å². The minimum absolute atomic E-state index is 0.108. The highest BCUT2D eigenvalue weighted by Gasteiger charge is 2.11. The summed E-state index contributed by atoms with van der Waals surface area (Å²) in [5.74, 6) is -0.0116. The van der Waals surface area contributed by atoms with Gasteiger partial charge < -0.3 is 14.8 Å². The SMILES string of the molecule is CCOc1cc(C=NNC(=O)c2ccc([N+](=O)[O-])cc2)ccc1OCC(=O)Nc1ccc(C)c(C)c1. The smallest absolute Gasteiger partial charge is 0.271 e. The van der Waals surface area contributed by atoms with Crippen LogP contribution >= 0.6 is 0 Å². The largest absolute Gasteiger partial charge is 0.490 e. The third kappa shape index (κ3) is 7.13. The van der Waals surface area contributed by atoms with E-state index in [0.717, 1.165) is 11.1 Å². The van der Waals surface area contributed by atoms with Gasteiger partial charge in [-0.3, -0.25) is 19.7 Å². The van der Waals surface area contributed by atoms with Gasteiger partial charge in [0.1, 0.15) is 0 Å². The van der Waals surface area contributed by atoms with Gasteiger partial charge in [-0.25, -0.2) is 5.43 Å². The van der Waals surface area contributed by atoms with Crippen molar-refractivity contribution in [3.8, 4) is 11.5 Å². The second kappa shape index (κ2) is 12.1. The summed E-state index contributed by atoms with van der Waals surface area (Å²) < 4.78 is 11.3. The summed E-state index contributed by atoms with van der Waals surface area (Å²) in [6.07, 6.45) is 1.42. The van der Waals surface area contributed by atoms with Crippen LogP contribution in [0.5, 0.6) is 11.5 Å². The maximum absolute atomic E-state index is 12.3. The Kier molecular flexibility index (Phi) is 8.71. The third-order valence-electron chi connectivity index (χ3n) is 5.14. The number of nitro groups is 1. The first-order valence-electron chi connectivity index (χ1n) is 11.1. The van der Waals surface area contributed by atoms with E-state index in [1.165, 1.54) is 30.5 Å². The second-order valence-electron chi connectivity index (χ2n) is 7.78. The van der Waals surface area contributed by atoms with Crippen molar-refractivity contribution < 1.29 is 24.0 Å². The zero-order chi connectivity index (χ0) is 26.1. The summed E-state index contributed by atoms with van der Waals surface area (Å²) in [6.45, 7) is 5.97. The minimum atomic E-state index is -0.541.